The Kier molecular flexibility index (Phi) is 6.82. The zero-order chi connectivity index (χ0) is 30.0. The van der Waals surface area contributed by atoms with Crippen molar-refractivity contribution in [2.24, 2.45) is 5.41 Å². The summed E-state index contributed by atoms with van der Waals surface area (Å²) in [6.07, 6.45) is -2.36. The highest BCUT2D eigenvalue weighted by Crippen LogP contribution is 2.52. The van der Waals surface area contributed by atoms with E-state index in [9.17, 15) is 18.4 Å². The average Bonchev–Trinajstić information content (AvgIpc) is 3.48. The number of fused-ring (bicyclic) bond motifs is 2. The van der Waals surface area contributed by atoms with Crippen LogP contribution in [0.15, 0.2) is 36.4 Å². The normalized spacial score (nSPS) is 17.0. The SMILES string of the molecule is CC(C)(C)CC(=O)NCCn1c(C(C)(C)C)cc2cc(NC(=O)C3(c4ccc5c(c4)OC(F)(F)O5)CC3)c(F)cc21. The van der Waals surface area contributed by atoms with E-state index < -0.39 is 23.4 Å². The molecule has 1 aliphatic heterocycles. The highest BCUT2D eigenvalue weighted by Gasteiger charge is 2.53. The lowest BCUT2D eigenvalue weighted by Crippen LogP contribution is -2.31. The molecule has 1 fully saturated rings. The molecular weight excluding hydrogens is 535 g/mol. The molecule has 7 nitrogen and oxygen atoms in total. The third-order valence-electron chi connectivity index (χ3n) is 7.49. The molecule has 2 aromatic carbocycles. The van der Waals surface area contributed by atoms with Gasteiger partial charge in [-0.3, -0.25) is 9.59 Å². The molecule has 1 aromatic heterocycles. The van der Waals surface area contributed by atoms with Gasteiger partial charge in [0.05, 0.1) is 16.6 Å². The molecule has 0 saturated heterocycles. The summed E-state index contributed by atoms with van der Waals surface area (Å²) in [5.41, 5.74) is 0.822. The Hall–Kier alpha value is -3.69. The van der Waals surface area contributed by atoms with Crippen LogP contribution in [-0.4, -0.2) is 29.2 Å². The Morgan fingerprint density at radius 2 is 1.66 bits per heavy atom. The number of carbonyl (C=O) groups excluding carboxylic acids is 2. The van der Waals surface area contributed by atoms with Gasteiger partial charge in [-0.15, -0.1) is 8.78 Å². The van der Waals surface area contributed by atoms with Crippen molar-refractivity contribution in [1.82, 2.24) is 9.88 Å². The molecule has 41 heavy (non-hydrogen) atoms. The van der Waals surface area contributed by atoms with Crippen LogP contribution in [0.3, 0.4) is 0 Å². The maximum Gasteiger partial charge on any atom is 0.586 e. The summed E-state index contributed by atoms with van der Waals surface area (Å²) >= 11 is 0. The van der Waals surface area contributed by atoms with E-state index in [4.69, 9.17) is 0 Å². The number of nitrogens with zero attached hydrogens (tertiary/aromatic N) is 1. The lowest BCUT2D eigenvalue weighted by Gasteiger charge is -2.23. The van der Waals surface area contributed by atoms with Crippen LogP contribution in [0.4, 0.5) is 18.9 Å². The standard InChI is InChI=1S/C31H36F3N3O4/c1-28(2,3)17-26(38)35-11-12-37-22-16-20(32)21(13-18(22)14-25(37)29(4,5)6)36-27(39)30(9-10-30)19-7-8-23-24(15-19)41-31(33,34)40-23/h7-8,13-16H,9-12,17H2,1-6H3,(H,35,38)(H,36,39). The first-order valence-electron chi connectivity index (χ1n) is 13.8. The molecule has 2 amide bonds. The molecular formula is C31H36F3N3O4. The summed E-state index contributed by atoms with van der Waals surface area (Å²) in [7, 11) is 0. The number of alkyl halides is 2. The minimum atomic E-state index is -3.75. The number of benzene rings is 2. The number of nitrogens with one attached hydrogen (secondary N) is 2. The van der Waals surface area contributed by atoms with E-state index in [0.717, 1.165) is 11.1 Å². The van der Waals surface area contributed by atoms with Crippen LogP contribution in [0.5, 0.6) is 11.5 Å². The minimum Gasteiger partial charge on any atom is -0.395 e. The second-order valence-electron chi connectivity index (χ2n) is 13.3. The van der Waals surface area contributed by atoms with Gasteiger partial charge in [0.2, 0.25) is 11.8 Å². The van der Waals surface area contributed by atoms with E-state index in [0.29, 0.717) is 43.4 Å². The smallest absolute Gasteiger partial charge is 0.395 e. The molecule has 220 valence electrons. The molecule has 0 radical (unpaired) electrons. The number of halogens is 3. The fourth-order valence-electron chi connectivity index (χ4n) is 5.35. The fraction of sp³-hybridized carbons (Fsp3) is 0.484. The third kappa shape index (κ3) is 5.87. The largest absolute Gasteiger partial charge is 0.586 e. The highest BCUT2D eigenvalue weighted by atomic mass is 19.3. The van der Waals surface area contributed by atoms with Crippen molar-refractivity contribution in [1.29, 1.82) is 0 Å². The van der Waals surface area contributed by atoms with Gasteiger partial charge in [-0.1, -0.05) is 47.6 Å². The van der Waals surface area contributed by atoms with Gasteiger partial charge in [0.15, 0.2) is 11.5 Å². The summed E-state index contributed by atoms with van der Waals surface area (Å²) in [4.78, 5) is 25.7. The Balaban J connectivity index is 1.38. The van der Waals surface area contributed by atoms with E-state index in [-0.39, 0.29) is 33.9 Å². The maximum absolute atomic E-state index is 15.5. The molecule has 3 aromatic rings. The van der Waals surface area contributed by atoms with Gasteiger partial charge < -0.3 is 24.7 Å². The van der Waals surface area contributed by atoms with Crippen molar-refractivity contribution in [3.63, 3.8) is 0 Å². The number of hydrogen-bond acceptors (Lipinski definition) is 4. The quantitative estimate of drug-likeness (QED) is 0.334. The summed E-state index contributed by atoms with van der Waals surface area (Å²) in [5, 5.41) is 6.45. The number of aromatic nitrogens is 1. The van der Waals surface area contributed by atoms with E-state index in [1.807, 2.05) is 31.4 Å². The van der Waals surface area contributed by atoms with Crippen molar-refractivity contribution in [2.45, 2.75) is 84.5 Å². The minimum absolute atomic E-state index is 0.0346. The van der Waals surface area contributed by atoms with Crippen LogP contribution in [0.25, 0.3) is 10.9 Å². The van der Waals surface area contributed by atoms with Gasteiger partial charge in [-0.2, -0.15) is 0 Å². The average molecular weight is 572 g/mol. The van der Waals surface area contributed by atoms with Crippen LogP contribution in [0, 0.1) is 11.2 Å². The molecule has 2 N–H and O–H groups in total. The predicted molar refractivity (Wildman–Crippen MR) is 150 cm³/mol. The molecule has 2 heterocycles. The molecule has 0 atom stereocenters. The van der Waals surface area contributed by atoms with Crippen LogP contribution < -0.4 is 20.1 Å². The second kappa shape index (κ2) is 9.70. The molecule has 5 rings (SSSR count). The molecule has 0 unspecified atom stereocenters. The Morgan fingerprint density at radius 3 is 2.29 bits per heavy atom. The monoisotopic (exact) mass is 571 g/mol. The maximum atomic E-state index is 15.5. The number of ether oxygens (including phenoxy) is 2. The van der Waals surface area contributed by atoms with Gasteiger partial charge in [-0.05, 0) is 48.1 Å². The number of carbonyl (C=O) groups is 2. The molecule has 10 heteroatoms. The molecule has 0 bridgehead atoms. The first-order chi connectivity index (χ1) is 19.0. The van der Waals surface area contributed by atoms with Crippen LogP contribution in [0.1, 0.15) is 72.1 Å². The highest BCUT2D eigenvalue weighted by molar-refractivity contribution is 6.03. The number of rotatable bonds is 7. The van der Waals surface area contributed by atoms with Gasteiger partial charge in [0.25, 0.3) is 0 Å². The van der Waals surface area contributed by atoms with Gasteiger partial charge >= 0.3 is 6.29 Å². The summed E-state index contributed by atoms with van der Waals surface area (Å²) in [5.74, 6) is -1.28. The Bertz CT molecular complexity index is 1530. The van der Waals surface area contributed by atoms with Crippen molar-refractivity contribution in [3.8, 4) is 11.5 Å². The Morgan fingerprint density at radius 1 is 0.976 bits per heavy atom. The van der Waals surface area contributed by atoms with Crippen molar-refractivity contribution >= 4 is 28.4 Å². The van der Waals surface area contributed by atoms with E-state index in [2.05, 4.69) is 40.9 Å². The molecule has 2 aliphatic rings. The predicted octanol–water partition coefficient (Wildman–Crippen LogP) is 6.62. The third-order valence-corrected chi connectivity index (χ3v) is 7.49. The van der Waals surface area contributed by atoms with Crippen LogP contribution in [0.2, 0.25) is 0 Å². The van der Waals surface area contributed by atoms with Crippen molar-refractivity contribution < 1.29 is 32.2 Å². The zero-order valence-corrected chi connectivity index (χ0v) is 24.2. The van der Waals surface area contributed by atoms with E-state index >= 15 is 4.39 Å². The molecule has 0 spiro atoms. The van der Waals surface area contributed by atoms with Gasteiger partial charge in [-0.25, -0.2) is 4.39 Å². The Labute approximate surface area is 237 Å². The van der Waals surface area contributed by atoms with Crippen LogP contribution >= 0.6 is 0 Å². The summed E-state index contributed by atoms with van der Waals surface area (Å²) < 4.78 is 53.4. The number of amides is 2. The lowest BCUT2D eigenvalue weighted by atomic mass is 9.92. The van der Waals surface area contributed by atoms with Crippen molar-refractivity contribution in [3.05, 3.63) is 53.5 Å². The van der Waals surface area contributed by atoms with E-state index in [1.165, 1.54) is 18.2 Å². The first kappa shape index (κ1) is 28.8. The van der Waals surface area contributed by atoms with E-state index in [1.54, 1.807) is 12.1 Å². The summed E-state index contributed by atoms with van der Waals surface area (Å²) in [6.45, 7) is 13.1. The second-order valence-corrected chi connectivity index (χ2v) is 13.3. The number of anilines is 1. The molecule has 1 saturated carbocycles. The topological polar surface area (TPSA) is 81.6 Å². The van der Waals surface area contributed by atoms with Crippen LogP contribution in [-0.2, 0) is 27.0 Å². The number of hydrogen-bond donors (Lipinski definition) is 2. The first-order valence-corrected chi connectivity index (χ1v) is 13.8. The molecule has 1 aliphatic carbocycles. The van der Waals surface area contributed by atoms with Crippen molar-refractivity contribution in [2.75, 3.05) is 11.9 Å². The fourth-order valence-corrected chi connectivity index (χ4v) is 5.35. The summed E-state index contributed by atoms with van der Waals surface area (Å²) in [6, 6.07) is 9.30. The lowest BCUT2D eigenvalue weighted by molar-refractivity contribution is -0.286. The zero-order valence-electron chi connectivity index (χ0n) is 24.2. The van der Waals surface area contributed by atoms with Gasteiger partial charge in [0.1, 0.15) is 5.82 Å². The van der Waals surface area contributed by atoms with Gasteiger partial charge in [0, 0.05) is 42.1 Å².